The molecule has 3 aliphatic rings. The molecular formula is C58H62FN11O10S. The normalized spacial score (nSPS) is 12.7. The van der Waals surface area contributed by atoms with Crippen molar-refractivity contribution in [1.29, 1.82) is 0 Å². The van der Waals surface area contributed by atoms with Gasteiger partial charge < -0.3 is 59.8 Å². The highest BCUT2D eigenvalue weighted by atomic mass is 32.3. The number of nitrogens with zero attached hydrogens (tertiary/aromatic N) is 6. The summed E-state index contributed by atoms with van der Waals surface area (Å²) in [6, 6.07) is 28.0. The number of carbonyl (C=O) groups is 4. The van der Waals surface area contributed by atoms with Gasteiger partial charge in [-0.15, -0.1) is 3.89 Å². The van der Waals surface area contributed by atoms with Crippen LogP contribution in [-0.2, 0) is 26.2 Å². The number of aromatic nitrogens is 4. The lowest BCUT2D eigenvalue weighted by atomic mass is 9.89. The van der Waals surface area contributed by atoms with E-state index in [9.17, 15) is 36.6 Å². The second-order valence-corrected chi connectivity index (χ2v) is 21.1. The molecule has 3 amide bonds. The minimum Gasteiger partial charge on any atom is -0.545 e. The number of ether oxygens (including phenoxy) is 2. The Bertz CT molecular complexity index is 3770. The lowest BCUT2D eigenvalue weighted by molar-refractivity contribution is -0.254. The first-order chi connectivity index (χ1) is 39.0. The van der Waals surface area contributed by atoms with Crippen molar-refractivity contribution in [1.82, 2.24) is 40.0 Å². The number of aromatic carboxylic acids is 1. The molecule has 0 unspecified atom stereocenters. The molecule has 5 N–H and O–H groups in total. The number of hydrogen-bond donors (Lipinski definition) is 5. The van der Waals surface area contributed by atoms with E-state index >= 15 is 0 Å². The number of halogens is 1. The Balaban J connectivity index is 0.706. The third-order valence-corrected chi connectivity index (χ3v) is 14.7. The quantitative estimate of drug-likeness (QED) is 0.0225. The van der Waals surface area contributed by atoms with E-state index in [0.29, 0.717) is 68.5 Å². The maximum absolute atomic E-state index is 13.3. The smallest absolute Gasteiger partial charge is 0.332 e. The Morgan fingerprint density at radius 1 is 0.741 bits per heavy atom. The Morgan fingerprint density at radius 2 is 1.37 bits per heavy atom. The van der Waals surface area contributed by atoms with Crippen molar-refractivity contribution >= 4 is 73.5 Å². The summed E-state index contributed by atoms with van der Waals surface area (Å²) >= 11 is 0. The van der Waals surface area contributed by atoms with Gasteiger partial charge in [-0.3, -0.25) is 14.4 Å². The number of carboxylic acid groups (broad SMARTS) is 1. The lowest BCUT2D eigenvalue weighted by Crippen LogP contribution is -2.29. The topological polar surface area (TPSA) is 267 Å². The van der Waals surface area contributed by atoms with Crippen LogP contribution in [0.15, 0.2) is 119 Å². The first-order valence-electron chi connectivity index (χ1n) is 26.4. The van der Waals surface area contributed by atoms with Crippen molar-refractivity contribution in [3.63, 3.8) is 0 Å². The van der Waals surface area contributed by atoms with E-state index in [1.165, 1.54) is 18.2 Å². The summed E-state index contributed by atoms with van der Waals surface area (Å²) in [5.41, 5.74) is 6.02. The largest absolute Gasteiger partial charge is 0.545 e. The number of carbonyl (C=O) groups excluding carboxylic acids is 4. The number of hydrogen-bond acceptors (Lipinski definition) is 16. The number of benzene rings is 5. The van der Waals surface area contributed by atoms with Gasteiger partial charge in [0, 0.05) is 109 Å². The number of amides is 3. The molecule has 4 aromatic carbocycles. The Hall–Kier alpha value is -8.80. The second kappa shape index (κ2) is 25.5. The fraction of sp³-hybridized carbons (Fsp3) is 0.310. The van der Waals surface area contributed by atoms with E-state index in [4.69, 9.17) is 23.9 Å². The van der Waals surface area contributed by atoms with Gasteiger partial charge in [0.2, 0.25) is 11.3 Å². The minimum absolute atomic E-state index is 0.138. The van der Waals surface area contributed by atoms with Crippen LogP contribution in [-0.4, -0.2) is 132 Å². The number of imidazole rings is 1. The van der Waals surface area contributed by atoms with E-state index in [-0.39, 0.29) is 81.2 Å². The van der Waals surface area contributed by atoms with Crippen LogP contribution in [0.4, 0.5) is 21.3 Å². The zero-order valence-corrected chi connectivity index (χ0v) is 46.0. The highest BCUT2D eigenvalue weighted by Crippen LogP contribution is 2.42. The van der Waals surface area contributed by atoms with Crippen LogP contribution < -0.4 is 46.5 Å². The first kappa shape index (κ1) is 56.9. The van der Waals surface area contributed by atoms with Gasteiger partial charge in [0.25, 0.3) is 17.7 Å². The monoisotopic (exact) mass is 1120 g/mol. The molecule has 0 atom stereocenters. The molecule has 3 heterocycles. The third-order valence-electron chi connectivity index (χ3n) is 13.8. The van der Waals surface area contributed by atoms with Crippen LogP contribution in [0, 0.1) is 0 Å². The number of fused-ring (bicyclic) bond motifs is 3. The molecule has 2 aliphatic carbocycles. The van der Waals surface area contributed by atoms with Crippen LogP contribution in [0.25, 0.3) is 44.6 Å². The highest BCUT2D eigenvalue weighted by molar-refractivity contribution is 7.86. The van der Waals surface area contributed by atoms with Gasteiger partial charge in [0.15, 0.2) is 17.0 Å². The molecule has 23 heteroatoms. The van der Waals surface area contributed by atoms with Crippen LogP contribution in [0.3, 0.4) is 0 Å². The fourth-order valence-corrected chi connectivity index (χ4v) is 10.00. The van der Waals surface area contributed by atoms with Crippen molar-refractivity contribution in [2.45, 2.75) is 43.2 Å². The number of carboxylic acids is 1. The van der Waals surface area contributed by atoms with Crippen molar-refractivity contribution < 1.29 is 50.5 Å². The average Bonchev–Trinajstić information content (AvgIpc) is 3.91. The molecule has 6 aromatic rings. The van der Waals surface area contributed by atoms with E-state index < -0.39 is 32.9 Å². The Morgan fingerprint density at radius 3 is 2.01 bits per heavy atom. The maximum atomic E-state index is 13.3. The predicted molar refractivity (Wildman–Crippen MR) is 303 cm³/mol. The average molecular weight is 1120 g/mol. The SMILES string of the molecule is CN(C)c1ccc2c(-c3ccc(C(=O)NCCOCCOCCNC(=O)c4ccc(CNc5nc(NCCNC(=O)c6ccc(S(=O)(=O)F)cc6)nc6c5ncn6C5CCCC5)cc4)cc3C(=O)[O-])c3ccc(=[N+](C)C)cc-3oc2c1. The van der Waals surface area contributed by atoms with Gasteiger partial charge in [-0.2, -0.15) is 18.4 Å². The van der Waals surface area contributed by atoms with Gasteiger partial charge in [-0.05, 0) is 90.7 Å². The van der Waals surface area contributed by atoms with Gasteiger partial charge >= 0.3 is 10.2 Å². The summed E-state index contributed by atoms with van der Waals surface area (Å²) in [4.78, 5) is 67.1. The summed E-state index contributed by atoms with van der Waals surface area (Å²) in [5.74, 6) is -1.24. The molecule has 1 saturated carbocycles. The molecule has 422 valence electrons. The Kier molecular flexibility index (Phi) is 17.9. The zero-order valence-electron chi connectivity index (χ0n) is 45.2. The molecule has 81 heavy (non-hydrogen) atoms. The van der Waals surface area contributed by atoms with Crippen molar-refractivity contribution in [2.24, 2.45) is 0 Å². The van der Waals surface area contributed by atoms with Crippen molar-refractivity contribution in [3.8, 4) is 22.5 Å². The maximum Gasteiger partial charge on any atom is 0.332 e. The molecule has 0 spiro atoms. The number of nitrogens with one attached hydrogen (secondary N) is 5. The van der Waals surface area contributed by atoms with E-state index in [0.717, 1.165) is 54.4 Å². The van der Waals surface area contributed by atoms with E-state index in [2.05, 4.69) is 36.1 Å². The molecule has 0 saturated heterocycles. The van der Waals surface area contributed by atoms with E-state index in [1.54, 1.807) is 30.6 Å². The molecular weight excluding hydrogens is 1060 g/mol. The van der Waals surface area contributed by atoms with Gasteiger partial charge in [-0.1, -0.05) is 31.0 Å². The Labute approximate surface area is 466 Å². The number of rotatable bonds is 24. The molecule has 1 aliphatic heterocycles. The van der Waals surface area contributed by atoms with Crippen LogP contribution in [0.5, 0.6) is 0 Å². The van der Waals surface area contributed by atoms with Crippen LogP contribution in [0.2, 0.25) is 0 Å². The van der Waals surface area contributed by atoms with Crippen LogP contribution in [0.1, 0.15) is 78.7 Å². The minimum atomic E-state index is -4.88. The third kappa shape index (κ3) is 13.8. The molecule has 9 rings (SSSR count). The second-order valence-electron chi connectivity index (χ2n) is 19.8. The fourth-order valence-electron chi connectivity index (χ4n) is 9.54. The summed E-state index contributed by atoms with van der Waals surface area (Å²) in [6.07, 6.45) is 6.04. The standard InChI is InChI=1S/C58H62FN11O10S/c1-68(2)41-16-21-45-48(32-41)80-49-33-42(69(3)4)17-22-46(49)50(45)44-20-15-39(31-47(44)57(74)75)56(73)62-26-28-79-30-29-78-27-25-61-55(72)37-11-9-36(10-12-37)34-64-52-51-53(70(35-65-51)40-7-5-6-8-40)67-58(66-52)63-24-23-60-54(71)38-13-18-43(19-14-38)81(59,76)77/h9-22,31-33,35,40H,5-8,23-30,34H2,1-4H3,(H5-,60,61,62,63,64,66,67,71,72,73,74,75). The molecule has 2 aromatic heterocycles. The zero-order chi connectivity index (χ0) is 57.2. The van der Waals surface area contributed by atoms with Gasteiger partial charge in [0.1, 0.15) is 25.4 Å². The van der Waals surface area contributed by atoms with Crippen molar-refractivity contribution in [2.75, 3.05) is 96.3 Å². The van der Waals surface area contributed by atoms with E-state index in [1.807, 2.05) is 86.2 Å². The van der Waals surface area contributed by atoms with Gasteiger partial charge in [0.05, 0.1) is 49.7 Å². The highest BCUT2D eigenvalue weighted by Gasteiger charge is 2.24. The molecule has 21 nitrogen and oxygen atoms in total. The van der Waals surface area contributed by atoms with Crippen LogP contribution >= 0.6 is 0 Å². The molecule has 1 fully saturated rings. The van der Waals surface area contributed by atoms with Crippen molar-refractivity contribution in [3.05, 3.63) is 143 Å². The summed E-state index contributed by atoms with van der Waals surface area (Å²) < 4.78 is 57.3. The summed E-state index contributed by atoms with van der Waals surface area (Å²) in [7, 11) is 2.83. The molecule has 0 radical (unpaired) electrons. The lowest BCUT2D eigenvalue weighted by Gasteiger charge is -2.20. The predicted octanol–water partition coefficient (Wildman–Crippen LogP) is 5.23. The van der Waals surface area contributed by atoms with Gasteiger partial charge in [-0.25, -0.2) is 9.56 Å². The number of anilines is 3. The summed E-state index contributed by atoms with van der Waals surface area (Å²) in [6.45, 7) is 2.13. The molecule has 0 bridgehead atoms. The first-order valence-corrected chi connectivity index (χ1v) is 27.8. The summed E-state index contributed by atoms with van der Waals surface area (Å²) in [5, 5.41) is 29.2.